The molecule has 6 heteroatoms. The lowest BCUT2D eigenvalue weighted by atomic mass is 10.1. The molecule has 1 aliphatic rings. The Morgan fingerprint density at radius 1 is 1.33 bits per heavy atom. The molecule has 1 aliphatic heterocycles. The van der Waals surface area contributed by atoms with E-state index in [1.807, 2.05) is 24.3 Å². The van der Waals surface area contributed by atoms with Gasteiger partial charge in [-0.3, -0.25) is 4.79 Å². The summed E-state index contributed by atoms with van der Waals surface area (Å²) >= 11 is 0. The van der Waals surface area contributed by atoms with Gasteiger partial charge in [-0.25, -0.2) is 9.97 Å². The van der Waals surface area contributed by atoms with E-state index in [0.717, 1.165) is 24.2 Å². The second-order valence-electron chi connectivity index (χ2n) is 6.23. The Morgan fingerprint density at radius 3 is 2.79 bits per heavy atom. The molecular weight excluding hydrogens is 302 g/mol. The van der Waals surface area contributed by atoms with Gasteiger partial charge < -0.3 is 16.0 Å². The topological polar surface area (TPSA) is 84.1 Å². The van der Waals surface area contributed by atoms with Crippen molar-refractivity contribution in [1.82, 2.24) is 20.2 Å². The number of benzene rings is 1. The Hall–Kier alpha value is -2.47. The Kier molecular flexibility index (Phi) is 5.05. The molecule has 1 atom stereocenters. The normalized spacial score (nSPS) is 17.8. The molecule has 2 aromatic rings. The lowest BCUT2D eigenvalue weighted by molar-refractivity contribution is 0.0950. The SMILES string of the molecule is CN1CCC[C@@H]1CCNC(=O)c1ccc(-c2cc(N)ncn2)cc1. The van der Waals surface area contributed by atoms with Crippen molar-refractivity contribution in [1.29, 1.82) is 0 Å². The maximum Gasteiger partial charge on any atom is 0.251 e. The molecule has 0 spiro atoms. The van der Waals surface area contributed by atoms with Crippen molar-refractivity contribution in [3.05, 3.63) is 42.2 Å². The summed E-state index contributed by atoms with van der Waals surface area (Å²) in [5, 5.41) is 3.00. The summed E-state index contributed by atoms with van der Waals surface area (Å²) in [6.45, 7) is 1.87. The standard InChI is InChI=1S/C18H23N5O/c1-23-10-2-3-15(23)8-9-20-18(24)14-6-4-13(5-7-14)16-11-17(19)22-12-21-16/h4-7,11-12,15H,2-3,8-10H2,1H3,(H,20,24)(H2,19,21,22)/t15-/m1/s1. The summed E-state index contributed by atoms with van der Waals surface area (Å²) in [6, 6.07) is 9.68. The molecule has 0 aliphatic carbocycles. The van der Waals surface area contributed by atoms with E-state index in [9.17, 15) is 4.79 Å². The molecule has 6 nitrogen and oxygen atoms in total. The van der Waals surface area contributed by atoms with Crippen LogP contribution in [0.15, 0.2) is 36.7 Å². The first-order chi connectivity index (χ1) is 11.6. The van der Waals surface area contributed by atoms with Crippen molar-refractivity contribution < 1.29 is 4.79 Å². The molecule has 0 radical (unpaired) electrons. The van der Waals surface area contributed by atoms with Crippen molar-refractivity contribution in [2.45, 2.75) is 25.3 Å². The fourth-order valence-electron chi connectivity index (χ4n) is 3.12. The number of nitrogens with zero attached hydrogens (tertiary/aromatic N) is 3. The van der Waals surface area contributed by atoms with Crippen LogP contribution >= 0.6 is 0 Å². The summed E-state index contributed by atoms with van der Waals surface area (Å²) < 4.78 is 0. The predicted octanol–water partition coefficient (Wildman–Crippen LogP) is 1.94. The van der Waals surface area contributed by atoms with Crippen molar-refractivity contribution in [3.63, 3.8) is 0 Å². The molecule has 3 rings (SSSR count). The number of hydrogen-bond donors (Lipinski definition) is 2. The number of rotatable bonds is 5. The third-order valence-corrected chi connectivity index (χ3v) is 4.57. The number of nitrogens with one attached hydrogen (secondary N) is 1. The highest BCUT2D eigenvalue weighted by Gasteiger charge is 2.20. The third-order valence-electron chi connectivity index (χ3n) is 4.57. The van der Waals surface area contributed by atoms with Crippen molar-refractivity contribution in [2.75, 3.05) is 25.9 Å². The van der Waals surface area contributed by atoms with Crippen LogP contribution in [0.4, 0.5) is 5.82 Å². The largest absolute Gasteiger partial charge is 0.384 e. The van der Waals surface area contributed by atoms with Crippen LogP contribution in [0.3, 0.4) is 0 Å². The molecule has 1 aromatic heterocycles. The van der Waals surface area contributed by atoms with E-state index in [-0.39, 0.29) is 5.91 Å². The fourth-order valence-corrected chi connectivity index (χ4v) is 3.12. The Balaban J connectivity index is 1.56. The third kappa shape index (κ3) is 3.89. The summed E-state index contributed by atoms with van der Waals surface area (Å²) in [4.78, 5) is 22.7. The minimum absolute atomic E-state index is 0.0376. The molecule has 24 heavy (non-hydrogen) atoms. The zero-order chi connectivity index (χ0) is 16.9. The molecule has 0 bridgehead atoms. The van der Waals surface area contributed by atoms with Gasteiger partial charge in [-0.1, -0.05) is 12.1 Å². The molecule has 2 heterocycles. The second-order valence-corrected chi connectivity index (χ2v) is 6.23. The van der Waals surface area contributed by atoms with Gasteiger partial charge in [0.2, 0.25) is 0 Å². The summed E-state index contributed by atoms with van der Waals surface area (Å²) in [6.07, 6.45) is 4.92. The zero-order valence-corrected chi connectivity index (χ0v) is 13.9. The number of aromatic nitrogens is 2. The first-order valence-corrected chi connectivity index (χ1v) is 8.30. The van der Waals surface area contributed by atoms with E-state index in [1.54, 1.807) is 6.07 Å². The highest BCUT2D eigenvalue weighted by molar-refractivity contribution is 5.94. The van der Waals surface area contributed by atoms with Crippen molar-refractivity contribution in [2.24, 2.45) is 0 Å². The molecule has 1 saturated heterocycles. The number of carbonyl (C=O) groups excluding carboxylic acids is 1. The Morgan fingerprint density at radius 2 is 2.12 bits per heavy atom. The molecular formula is C18H23N5O. The van der Waals surface area contributed by atoms with Gasteiger partial charge in [0.1, 0.15) is 12.1 Å². The van der Waals surface area contributed by atoms with Crippen LogP contribution in [-0.4, -0.2) is 47.0 Å². The number of carbonyl (C=O) groups is 1. The molecule has 126 valence electrons. The maximum atomic E-state index is 12.2. The van der Waals surface area contributed by atoms with Crippen molar-refractivity contribution in [3.8, 4) is 11.3 Å². The number of hydrogen-bond acceptors (Lipinski definition) is 5. The molecule has 0 saturated carbocycles. The lowest BCUT2D eigenvalue weighted by Gasteiger charge is -2.19. The molecule has 1 fully saturated rings. The van der Waals surface area contributed by atoms with Gasteiger partial charge in [-0.15, -0.1) is 0 Å². The van der Waals surface area contributed by atoms with Gasteiger partial charge >= 0.3 is 0 Å². The van der Waals surface area contributed by atoms with Crippen molar-refractivity contribution >= 4 is 11.7 Å². The van der Waals surface area contributed by atoms with Crippen LogP contribution in [0.2, 0.25) is 0 Å². The number of nitrogens with two attached hydrogens (primary N) is 1. The summed E-state index contributed by atoms with van der Waals surface area (Å²) in [5.41, 5.74) is 7.98. The highest BCUT2D eigenvalue weighted by atomic mass is 16.1. The van der Waals surface area contributed by atoms with Crippen LogP contribution in [0.1, 0.15) is 29.6 Å². The average molecular weight is 325 g/mol. The Bertz CT molecular complexity index is 701. The van der Waals surface area contributed by atoms with Crippen LogP contribution in [-0.2, 0) is 0 Å². The quantitative estimate of drug-likeness (QED) is 0.877. The van der Waals surface area contributed by atoms with Gasteiger partial charge in [-0.05, 0) is 45.0 Å². The number of likely N-dealkylation sites (tertiary alicyclic amines) is 1. The minimum atomic E-state index is -0.0376. The van der Waals surface area contributed by atoms with Gasteiger partial charge in [0.05, 0.1) is 5.69 Å². The Labute approximate surface area is 142 Å². The van der Waals surface area contributed by atoms with E-state index in [4.69, 9.17) is 5.73 Å². The van der Waals surface area contributed by atoms with E-state index in [1.165, 1.54) is 19.2 Å². The first-order valence-electron chi connectivity index (χ1n) is 8.30. The fraction of sp³-hybridized carbons (Fsp3) is 0.389. The van der Waals surface area contributed by atoms with E-state index in [0.29, 0.717) is 24.0 Å². The van der Waals surface area contributed by atoms with Gasteiger partial charge in [-0.2, -0.15) is 0 Å². The minimum Gasteiger partial charge on any atom is -0.384 e. The van der Waals surface area contributed by atoms with Crippen LogP contribution < -0.4 is 11.1 Å². The number of nitrogen functional groups attached to an aromatic ring is 1. The molecule has 3 N–H and O–H groups in total. The molecule has 0 unspecified atom stereocenters. The molecule has 1 amide bonds. The van der Waals surface area contributed by atoms with Crippen LogP contribution in [0.25, 0.3) is 11.3 Å². The monoisotopic (exact) mass is 325 g/mol. The van der Waals surface area contributed by atoms with Crippen LogP contribution in [0, 0.1) is 0 Å². The average Bonchev–Trinajstić information content (AvgIpc) is 3.00. The smallest absolute Gasteiger partial charge is 0.251 e. The summed E-state index contributed by atoms with van der Waals surface area (Å²) in [5.74, 6) is 0.392. The first kappa shape index (κ1) is 16.4. The second kappa shape index (κ2) is 7.40. The lowest BCUT2D eigenvalue weighted by Crippen LogP contribution is -2.31. The zero-order valence-electron chi connectivity index (χ0n) is 13.9. The van der Waals surface area contributed by atoms with E-state index in [2.05, 4.69) is 27.2 Å². The van der Waals surface area contributed by atoms with Gasteiger partial charge in [0.15, 0.2) is 0 Å². The molecule has 1 aromatic carbocycles. The predicted molar refractivity (Wildman–Crippen MR) is 94.5 cm³/mol. The number of amides is 1. The van der Waals surface area contributed by atoms with E-state index >= 15 is 0 Å². The van der Waals surface area contributed by atoms with Gasteiger partial charge in [0.25, 0.3) is 5.91 Å². The highest BCUT2D eigenvalue weighted by Crippen LogP contribution is 2.19. The van der Waals surface area contributed by atoms with E-state index < -0.39 is 0 Å². The maximum absolute atomic E-state index is 12.2. The van der Waals surface area contributed by atoms with Gasteiger partial charge in [0, 0.05) is 29.8 Å². The summed E-state index contributed by atoms with van der Waals surface area (Å²) in [7, 11) is 2.15. The number of anilines is 1. The van der Waals surface area contributed by atoms with Crippen LogP contribution in [0.5, 0.6) is 0 Å².